The second kappa shape index (κ2) is 8.97. The third-order valence-electron chi connectivity index (χ3n) is 7.28. The fourth-order valence-corrected chi connectivity index (χ4v) is 5.88. The van der Waals surface area contributed by atoms with Gasteiger partial charge in [-0.2, -0.15) is 5.26 Å². The van der Waals surface area contributed by atoms with Crippen molar-refractivity contribution >= 4 is 40.8 Å². The third-order valence-corrected chi connectivity index (χ3v) is 7.71. The Hall–Kier alpha value is -3.31. The molecule has 7 nitrogen and oxygen atoms in total. The van der Waals surface area contributed by atoms with Crippen LogP contribution < -0.4 is 4.90 Å². The van der Waals surface area contributed by atoms with Crippen molar-refractivity contribution in [3.05, 3.63) is 86.8 Å². The number of hydrogen-bond acceptors (Lipinski definition) is 5. The molecule has 0 bridgehead atoms. The average molecular weight is 523 g/mol. The molecular formula is C27H24Cl2N4O3. The van der Waals surface area contributed by atoms with Crippen molar-refractivity contribution in [3.63, 3.8) is 0 Å². The number of carbonyl (C=O) groups excluding carboxylic acids is 2. The normalized spacial score (nSPS) is 22.2. The molecular weight excluding hydrogens is 499 g/mol. The van der Waals surface area contributed by atoms with E-state index >= 15 is 0 Å². The molecule has 2 aliphatic heterocycles. The Morgan fingerprint density at radius 1 is 1.08 bits per heavy atom. The third kappa shape index (κ3) is 3.86. The first kappa shape index (κ1) is 24.4. The second-order valence-corrected chi connectivity index (χ2v) is 10.3. The van der Waals surface area contributed by atoms with Crippen molar-refractivity contribution in [2.45, 2.75) is 31.8 Å². The van der Waals surface area contributed by atoms with Gasteiger partial charge in [-0.25, -0.2) is 9.69 Å². The van der Waals surface area contributed by atoms with Crippen LogP contribution in [0.4, 0.5) is 10.5 Å². The lowest BCUT2D eigenvalue weighted by atomic mass is 9.80. The number of carbonyl (C=O) groups is 2. The first-order valence-corrected chi connectivity index (χ1v) is 12.3. The zero-order valence-corrected chi connectivity index (χ0v) is 21.6. The van der Waals surface area contributed by atoms with Gasteiger partial charge in [0.25, 0.3) is 5.91 Å². The Labute approximate surface area is 219 Å². The second-order valence-electron chi connectivity index (χ2n) is 9.44. The summed E-state index contributed by atoms with van der Waals surface area (Å²) < 4.78 is 5.91. The van der Waals surface area contributed by atoms with E-state index in [1.54, 1.807) is 37.4 Å². The van der Waals surface area contributed by atoms with E-state index in [-0.39, 0.29) is 11.8 Å². The fourth-order valence-electron chi connectivity index (χ4n) is 5.36. The van der Waals surface area contributed by atoms with E-state index in [2.05, 4.69) is 11.0 Å². The van der Waals surface area contributed by atoms with Crippen molar-refractivity contribution in [3.8, 4) is 6.07 Å². The minimum atomic E-state index is -1.16. The lowest BCUT2D eigenvalue weighted by molar-refractivity contribution is -0.124. The Bertz CT molecular complexity index is 1370. The molecule has 0 aliphatic carbocycles. The Kier molecular flexibility index (Phi) is 6.08. The van der Waals surface area contributed by atoms with Gasteiger partial charge in [0.15, 0.2) is 0 Å². The number of likely N-dealkylation sites (N-methyl/N-ethyl adjacent to an activating group) is 1. The monoisotopic (exact) mass is 522 g/mol. The summed E-state index contributed by atoms with van der Waals surface area (Å²) in [5, 5.41) is 9.92. The van der Waals surface area contributed by atoms with Gasteiger partial charge in [-0.05, 0) is 61.4 Å². The van der Waals surface area contributed by atoms with Crippen LogP contribution in [0.1, 0.15) is 34.1 Å². The molecule has 3 amide bonds. The van der Waals surface area contributed by atoms with E-state index in [9.17, 15) is 14.9 Å². The van der Waals surface area contributed by atoms with Crippen LogP contribution in [0, 0.1) is 25.2 Å². The molecule has 2 atom stereocenters. The van der Waals surface area contributed by atoms with Crippen LogP contribution in [0.3, 0.4) is 0 Å². The van der Waals surface area contributed by atoms with E-state index < -0.39 is 11.6 Å². The van der Waals surface area contributed by atoms with Crippen LogP contribution in [0.25, 0.3) is 0 Å². The van der Waals surface area contributed by atoms with Gasteiger partial charge in [-0.1, -0.05) is 35.3 Å². The molecule has 3 aromatic rings. The number of amides is 3. The van der Waals surface area contributed by atoms with E-state index in [4.69, 9.17) is 27.6 Å². The van der Waals surface area contributed by atoms with E-state index in [0.717, 1.165) is 22.6 Å². The quantitative estimate of drug-likeness (QED) is 0.422. The Morgan fingerprint density at radius 2 is 1.75 bits per heavy atom. The van der Waals surface area contributed by atoms with Gasteiger partial charge in [-0.15, -0.1) is 0 Å². The number of nitrogens with zero attached hydrogens (tertiary/aromatic N) is 4. The average Bonchev–Trinajstić information content (AvgIpc) is 3.43. The summed E-state index contributed by atoms with van der Waals surface area (Å²) in [6.45, 7) is 5.27. The van der Waals surface area contributed by atoms with E-state index in [0.29, 0.717) is 40.9 Å². The number of aryl methyl sites for hydroxylation is 2. The highest BCUT2D eigenvalue weighted by Crippen LogP contribution is 2.47. The molecule has 0 radical (unpaired) electrons. The van der Waals surface area contributed by atoms with Crippen molar-refractivity contribution in [1.29, 1.82) is 5.26 Å². The number of anilines is 1. The van der Waals surface area contributed by atoms with Crippen LogP contribution in [0.5, 0.6) is 0 Å². The minimum Gasteiger partial charge on any atom is -0.465 e. The molecule has 2 aliphatic rings. The van der Waals surface area contributed by atoms with Crippen LogP contribution in [0.2, 0.25) is 10.0 Å². The van der Waals surface area contributed by atoms with Crippen LogP contribution in [-0.4, -0.2) is 47.4 Å². The largest absolute Gasteiger partial charge is 0.465 e. The lowest BCUT2D eigenvalue weighted by Crippen LogP contribution is -2.53. The molecule has 184 valence electrons. The standard InChI is InChI=1S/C27H24Cl2N4O3/c1-16-8-23(36-17(16)2)13-32-14-24(19-6-4-18(12-30)5-7-19)27(15-32)25(34)33(26(35)31(27)3)22-10-20(28)9-21(29)11-22/h4-11,24H,13-15H2,1-3H3. The van der Waals surface area contributed by atoms with E-state index in [1.807, 2.05) is 32.0 Å². The highest BCUT2D eigenvalue weighted by Gasteiger charge is 2.64. The number of hydrogen-bond donors (Lipinski definition) is 0. The van der Waals surface area contributed by atoms with Crippen molar-refractivity contribution in [2.24, 2.45) is 0 Å². The van der Waals surface area contributed by atoms with Crippen LogP contribution >= 0.6 is 23.2 Å². The predicted octanol–water partition coefficient (Wildman–Crippen LogP) is 5.51. The molecule has 1 aromatic heterocycles. The fraction of sp³-hybridized carbons (Fsp3) is 0.296. The molecule has 36 heavy (non-hydrogen) atoms. The molecule has 3 heterocycles. The zero-order chi connectivity index (χ0) is 25.8. The summed E-state index contributed by atoms with van der Waals surface area (Å²) in [4.78, 5) is 32.6. The van der Waals surface area contributed by atoms with Gasteiger partial charge in [-0.3, -0.25) is 9.69 Å². The Balaban J connectivity index is 1.58. The molecule has 1 spiro atoms. The molecule has 2 aromatic carbocycles. The zero-order valence-electron chi connectivity index (χ0n) is 20.1. The molecule has 9 heteroatoms. The van der Waals surface area contributed by atoms with Crippen molar-refractivity contribution in [1.82, 2.24) is 9.80 Å². The van der Waals surface area contributed by atoms with Gasteiger partial charge in [0.1, 0.15) is 17.1 Å². The predicted molar refractivity (Wildman–Crippen MR) is 137 cm³/mol. The van der Waals surface area contributed by atoms with Gasteiger partial charge in [0.05, 0.1) is 23.9 Å². The molecule has 0 saturated carbocycles. The summed E-state index contributed by atoms with van der Waals surface area (Å²) in [7, 11) is 1.66. The highest BCUT2D eigenvalue weighted by molar-refractivity contribution is 6.35. The summed E-state index contributed by atoms with van der Waals surface area (Å²) in [5.74, 6) is 0.995. The molecule has 0 N–H and O–H groups in total. The first-order chi connectivity index (χ1) is 17.1. The molecule has 5 rings (SSSR count). The SMILES string of the molecule is Cc1cc(CN2CC(c3ccc(C#N)cc3)C3(C2)C(=O)N(c2cc(Cl)cc(Cl)c2)C(=O)N3C)oc1C. The van der Waals surface area contributed by atoms with Gasteiger partial charge in [0, 0.05) is 36.1 Å². The summed E-state index contributed by atoms with van der Waals surface area (Å²) in [6, 6.07) is 15.6. The molecule has 2 unspecified atom stereocenters. The first-order valence-electron chi connectivity index (χ1n) is 11.5. The van der Waals surface area contributed by atoms with Gasteiger partial charge in [0.2, 0.25) is 0 Å². The Morgan fingerprint density at radius 3 is 2.33 bits per heavy atom. The number of urea groups is 1. The highest BCUT2D eigenvalue weighted by atomic mass is 35.5. The maximum absolute atomic E-state index is 14.2. The van der Waals surface area contributed by atoms with Crippen LogP contribution in [0.15, 0.2) is 52.9 Å². The van der Waals surface area contributed by atoms with Gasteiger partial charge < -0.3 is 9.32 Å². The minimum absolute atomic E-state index is 0.322. The molecule has 2 saturated heterocycles. The number of rotatable bonds is 4. The number of imide groups is 1. The maximum atomic E-state index is 14.2. The van der Waals surface area contributed by atoms with Crippen molar-refractivity contribution in [2.75, 3.05) is 25.0 Å². The summed E-state index contributed by atoms with van der Waals surface area (Å²) in [6.07, 6.45) is 0. The van der Waals surface area contributed by atoms with Crippen molar-refractivity contribution < 1.29 is 14.0 Å². The smallest absolute Gasteiger partial charge is 0.332 e. The molecule has 2 fully saturated rings. The van der Waals surface area contributed by atoms with Gasteiger partial charge >= 0.3 is 6.03 Å². The van der Waals surface area contributed by atoms with E-state index in [1.165, 1.54) is 9.80 Å². The van der Waals surface area contributed by atoms with Crippen LogP contribution in [-0.2, 0) is 11.3 Å². The maximum Gasteiger partial charge on any atom is 0.332 e. The summed E-state index contributed by atoms with van der Waals surface area (Å²) in [5.41, 5.74) is 1.65. The number of furan rings is 1. The topological polar surface area (TPSA) is 80.8 Å². The lowest BCUT2D eigenvalue weighted by Gasteiger charge is -2.34. The number of halogens is 2. The summed E-state index contributed by atoms with van der Waals surface area (Å²) >= 11 is 12.4. The number of nitriles is 1. The number of benzene rings is 2. The number of likely N-dealkylation sites (tertiary alicyclic amines) is 1.